The molecule has 8 aromatic rings. The van der Waals surface area contributed by atoms with Crippen LogP contribution in [0.3, 0.4) is 0 Å². The lowest BCUT2D eigenvalue weighted by Crippen LogP contribution is -2.44. The van der Waals surface area contributed by atoms with Gasteiger partial charge >= 0.3 is 0 Å². The first-order valence-electron chi connectivity index (χ1n) is 28.8. The van der Waals surface area contributed by atoms with E-state index in [-0.39, 0.29) is 25.3 Å². The van der Waals surface area contributed by atoms with Gasteiger partial charge in [0.2, 0.25) is 23.4 Å². The molecule has 4 aromatic heterocycles. The number of aromatic nitrogens is 8. The largest absolute Gasteiger partial charge is 0.493 e. The number of aliphatic hydroxyl groups is 2. The molecule has 4 aromatic carbocycles. The maximum absolute atomic E-state index is 10.0. The lowest BCUT2D eigenvalue weighted by Gasteiger charge is -2.34. The van der Waals surface area contributed by atoms with E-state index in [0.717, 1.165) is 108 Å². The molecule has 0 unspecified atom stereocenters. The van der Waals surface area contributed by atoms with Crippen molar-refractivity contribution in [2.75, 3.05) is 148 Å². The molecule has 23 nitrogen and oxygen atoms in total. The quantitative estimate of drug-likeness (QED) is 0.0669. The summed E-state index contributed by atoms with van der Waals surface area (Å²) in [5.74, 6) is 7.01. The molecule has 0 spiro atoms. The number of piperazine rings is 1. The minimum absolute atomic E-state index is 0.00959. The van der Waals surface area contributed by atoms with Crippen LogP contribution in [-0.4, -0.2) is 193 Å². The number of benzene rings is 4. The van der Waals surface area contributed by atoms with E-state index < -0.39 is 0 Å². The van der Waals surface area contributed by atoms with Gasteiger partial charge in [0.1, 0.15) is 35.9 Å². The Kier molecular flexibility index (Phi) is 19.7. The molecule has 0 saturated carbocycles. The van der Waals surface area contributed by atoms with Crippen LogP contribution in [0.2, 0.25) is 0 Å². The predicted octanol–water partition coefficient (Wildman–Crippen LogP) is 8.71. The summed E-state index contributed by atoms with van der Waals surface area (Å²) in [6.07, 6.45) is 15.3. The zero-order chi connectivity index (χ0) is 59.6. The van der Waals surface area contributed by atoms with Gasteiger partial charge in [-0.3, -0.25) is 0 Å². The Morgan fingerprint density at radius 1 is 0.494 bits per heavy atom. The Hall–Kier alpha value is -7.90. The Morgan fingerprint density at radius 2 is 0.941 bits per heavy atom. The van der Waals surface area contributed by atoms with Gasteiger partial charge in [0, 0.05) is 84.5 Å². The number of likely N-dealkylation sites (tertiary alicyclic amines) is 1. The van der Waals surface area contributed by atoms with Crippen molar-refractivity contribution in [3.8, 4) is 45.9 Å². The number of nitrogens with zero attached hydrogens (tertiary/aromatic N) is 13. The van der Waals surface area contributed by atoms with Crippen LogP contribution in [-0.2, 0) is 0 Å². The van der Waals surface area contributed by atoms with Crippen LogP contribution in [0.4, 0.5) is 40.9 Å². The number of imidazole rings is 2. The molecule has 85 heavy (non-hydrogen) atoms. The molecule has 4 fully saturated rings. The van der Waals surface area contributed by atoms with Crippen LogP contribution in [0.25, 0.3) is 33.2 Å². The third-order valence-corrected chi connectivity index (χ3v) is 16.5. The molecule has 4 saturated heterocycles. The fraction of sp³-hybridized carbons (Fsp3) is 0.443. The van der Waals surface area contributed by atoms with E-state index in [4.69, 9.17) is 48.4 Å². The zero-order valence-corrected chi connectivity index (χ0v) is 51.4. The van der Waals surface area contributed by atoms with Crippen LogP contribution in [0.5, 0.6) is 34.5 Å². The van der Waals surface area contributed by atoms with Gasteiger partial charge in [-0.05, 0) is 102 Å². The van der Waals surface area contributed by atoms with Crippen molar-refractivity contribution >= 4 is 78.6 Å². The highest BCUT2D eigenvalue weighted by Gasteiger charge is 2.29. The Morgan fingerprint density at radius 3 is 1.36 bits per heavy atom. The summed E-state index contributed by atoms with van der Waals surface area (Å²) in [5.41, 5.74) is 4.40. The van der Waals surface area contributed by atoms with Crippen molar-refractivity contribution in [1.29, 1.82) is 0 Å². The van der Waals surface area contributed by atoms with Crippen LogP contribution >= 0.6 is 15.9 Å². The number of nitrogens with one attached hydrogen (secondary N) is 2. The summed E-state index contributed by atoms with van der Waals surface area (Å²) in [7, 11) is 13.9. The molecule has 0 amide bonds. The SMILES string of the molecule is CN1CCCCC1.COc1cc(-n2cnc(Nc3nc(N4CCC[C@@H]4CO)nc4cc(Br)ccc34)c2)cc(OC)c1OC.COc1cc(-n2cnc(Nc3nc(N4CCC[C@@H]4CO)nc4cc(N5CCN(C)CC5)ccc34)c2)cc(OC)c1OC. The fourth-order valence-electron chi connectivity index (χ4n) is 11.3. The highest BCUT2D eigenvalue weighted by atomic mass is 79.9. The van der Waals surface area contributed by atoms with E-state index in [1.807, 2.05) is 64.0 Å². The minimum Gasteiger partial charge on any atom is -0.493 e. The lowest BCUT2D eigenvalue weighted by molar-refractivity contribution is 0.265. The number of fused-ring (bicyclic) bond motifs is 2. The summed E-state index contributed by atoms with van der Waals surface area (Å²) in [6.45, 7) is 8.40. The number of anilines is 7. The standard InChI is InChI=1S/C30H38N8O4.C25H27BrN6O4.C6H13N/c1-35-10-12-36(13-11-35)20-7-8-23-24(14-20)32-30(38-9-5-6-21(38)18-39)34-29(23)33-27-17-37(19-31-27)22-15-25(40-2)28(42-4)26(16-22)41-3;1-34-20-10-17(11-21(35-2)23(20)36-3)31-12-22(27-14-31)29-24-18-7-6-15(26)9-19(18)28-25(30-24)32-8-4-5-16(32)13-33;1-7-5-3-2-4-6-7/h7-8,14-17,19,21,39H,5-6,9-13,18H2,1-4H3,(H,32,33,34);6-7,9-12,14,16,33H,4-5,8,13H2,1-3H3,(H,28,29,30);2-6H2,1H3/t21-;16-;/m11./s1. The van der Waals surface area contributed by atoms with Gasteiger partial charge in [0.25, 0.3) is 0 Å². The summed E-state index contributed by atoms with van der Waals surface area (Å²) >= 11 is 3.54. The molecular weight excluding hydrogens is 1150 g/mol. The van der Waals surface area contributed by atoms with Crippen molar-refractivity contribution in [2.24, 2.45) is 0 Å². The number of hydrogen-bond donors (Lipinski definition) is 4. The number of likely N-dealkylation sites (N-methyl/N-ethyl adjacent to an activating group) is 1. The smallest absolute Gasteiger partial charge is 0.228 e. The first kappa shape index (κ1) is 60.2. The molecular formula is C61H78BrN15O8. The minimum atomic E-state index is 0.00959. The third-order valence-electron chi connectivity index (χ3n) is 16.0. The number of piperidine rings is 1. The summed E-state index contributed by atoms with van der Waals surface area (Å²) in [6, 6.07) is 19.7. The van der Waals surface area contributed by atoms with E-state index in [0.29, 0.717) is 69.7 Å². The molecule has 2 atom stereocenters. The van der Waals surface area contributed by atoms with Gasteiger partial charge in [-0.2, -0.15) is 9.97 Å². The van der Waals surface area contributed by atoms with Crippen molar-refractivity contribution in [3.05, 3.63) is 90.2 Å². The second kappa shape index (κ2) is 27.9. The van der Waals surface area contributed by atoms with E-state index in [9.17, 15) is 10.2 Å². The molecule has 0 aliphatic carbocycles. The number of ether oxygens (including phenoxy) is 6. The van der Waals surface area contributed by atoms with Crippen LogP contribution in [0.15, 0.2) is 90.2 Å². The average Bonchev–Trinajstić information content (AvgIpc) is 3.80. The number of methoxy groups -OCH3 is 6. The maximum atomic E-state index is 10.0. The molecule has 8 heterocycles. The number of halogens is 1. The predicted molar refractivity (Wildman–Crippen MR) is 336 cm³/mol. The third kappa shape index (κ3) is 13.8. The summed E-state index contributed by atoms with van der Waals surface area (Å²) < 4.78 is 37.6. The topological polar surface area (TPSA) is 223 Å². The fourth-order valence-corrected chi connectivity index (χ4v) is 11.6. The molecule has 12 rings (SSSR count). The van der Waals surface area contributed by atoms with Crippen LogP contribution in [0, 0.1) is 0 Å². The zero-order valence-electron chi connectivity index (χ0n) is 49.8. The Labute approximate surface area is 504 Å². The Bertz CT molecular complexity index is 3490. The van der Waals surface area contributed by atoms with Crippen molar-refractivity contribution in [2.45, 2.75) is 57.0 Å². The molecule has 0 radical (unpaired) electrons. The number of hydrogen-bond acceptors (Lipinski definition) is 21. The van der Waals surface area contributed by atoms with Crippen molar-refractivity contribution in [1.82, 2.24) is 48.8 Å². The molecule has 4 N–H and O–H groups in total. The second-order valence-electron chi connectivity index (χ2n) is 21.5. The second-order valence-corrected chi connectivity index (χ2v) is 22.4. The Balaban J connectivity index is 0.000000171. The van der Waals surface area contributed by atoms with Gasteiger partial charge in [-0.25, -0.2) is 19.9 Å². The van der Waals surface area contributed by atoms with Gasteiger partial charge in [-0.1, -0.05) is 22.4 Å². The molecule has 4 aliphatic rings. The van der Waals surface area contributed by atoms with Crippen LogP contribution in [0.1, 0.15) is 44.9 Å². The van der Waals surface area contributed by atoms with Gasteiger partial charge in [0.15, 0.2) is 23.0 Å². The van der Waals surface area contributed by atoms with E-state index >= 15 is 0 Å². The van der Waals surface area contributed by atoms with Gasteiger partial charge in [-0.15, -0.1) is 0 Å². The lowest BCUT2D eigenvalue weighted by atomic mass is 10.1. The van der Waals surface area contributed by atoms with Gasteiger partial charge in [0.05, 0.1) is 103 Å². The monoisotopic (exact) mass is 1230 g/mol. The van der Waals surface area contributed by atoms with E-state index in [1.54, 1.807) is 55.3 Å². The average molecular weight is 1230 g/mol. The van der Waals surface area contributed by atoms with Crippen LogP contribution < -0.4 is 53.8 Å². The number of rotatable bonds is 17. The highest BCUT2D eigenvalue weighted by Crippen LogP contribution is 2.42. The first-order chi connectivity index (χ1) is 41.4. The van der Waals surface area contributed by atoms with Crippen molar-refractivity contribution in [3.63, 3.8) is 0 Å². The van der Waals surface area contributed by atoms with E-state index in [1.165, 1.54) is 32.4 Å². The highest BCUT2D eigenvalue weighted by molar-refractivity contribution is 9.10. The van der Waals surface area contributed by atoms with Crippen molar-refractivity contribution < 1.29 is 38.6 Å². The molecule has 4 aliphatic heterocycles. The number of aliphatic hydroxyl groups excluding tert-OH is 2. The van der Waals surface area contributed by atoms with E-state index in [2.05, 4.69) is 93.3 Å². The normalized spacial score (nSPS) is 17.3. The molecule has 452 valence electrons. The maximum Gasteiger partial charge on any atom is 0.228 e. The molecule has 24 heteroatoms. The summed E-state index contributed by atoms with van der Waals surface area (Å²) in [5, 5.41) is 28.4. The van der Waals surface area contributed by atoms with Gasteiger partial charge < -0.3 is 82.9 Å². The first-order valence-corrected chi connectivity index (χ1v) is 29.6. The summed E-state index contributed by atoms with van der Waals surface area (Å²) in [4.78, 5) is 40.1. The molecule has 0 bridgehead atoms.